The number of nitrogens with one attached hydrogen (secondary N) is 1. The minimum atomic E-state index is -0.171. The molecule has 4 nitrogen and oxygen atoms in total. The number of para-hydroxylation sites is 1. The Morgan fingerprint density at radius 3 is 2.83 bits per heavy atom. The molecule has 1 aliphatic carbocycles. The molecule has 3 N–H and O–H groups in total. The van der Waals surface area contributed by atoms with E-state index in [0.717, 1.165) is 30.2 Å². The van der Waals surface area contributed by atoms with E-state index in [1.54, 1.807) is 6.07 Å². The van der Waals surface area contributed by atoms with Crippen LogP contribution in [0, 0.1) is 12.8 Å². The average Bonchev–Trinajstić information content (AvgIpc) is 2.87. The summed E-state index contributed by atoms with van der Waals surface area (Å²) >= 11 is 6.14. The predicted molar refractivity (Wildman–Crippen MR) is 95.5 cm³/mol. The third kappa shape index (κ3) is 3.49. The summed E-state index contributed by atoms with van der Waals surface area (Å²) < 4.78 is 5.73. The van der Waals surface area contributed by atoms with Gasteiger partial charge in [0.25, 0.3) is 5.91 Å². The topological polar surface area (TPSA) is 68.3 Å². The zero-order valence-electron chi connectivity index (χ0n) is 13.1. The first-order valence-electron chi connectivity index (χ1n) is 7.80. The lowest BCUT2D eigenvalue weighted by molar-refractivity contribution is 0.0881. The Hall–Kier alpha value is -1.23. The van der Waals surface area contributed by atoms with Crippen LogP contribution in [0.2, 0.25) is 5.02 Å². The number of furan rings is 1. The summed E-state index contributed by atoms with van der Waals surface area (Å²) in [5.74, 6) is 0.533. The van der Waals surface area contributed by atoms with Gasteiger partial charge < -0.3 is 15.5 Å². The van der Waals surface area contributed by atoms with Gasteiger partial charge >= 0.3 is 0 Å². The van der Waals surface area contributed by atoms with E-state index in [1.807, 2.05) is 19.1 Å². The van der Waals surface area contributed by atoms with Crippen LogP contribution in [0.15, 0.2) is 22.6 Å². The minimum Gasteiger partial charge on any atom is -0.449 e. The van der Waals surface area contributed by atoms with Gasteiger partial charge in [0.15, 0.2) is 11.3 Å². The number of halogens is 2. The standard InChI is InChI=1S/C17H21ClN2O2.ClH/c1-10-12-6-4-7-13(18)16(12)22-15(10)17(21)20-14-8-3-2-5-11(14)9-19;/h4,6-7,11,14H,2-3,5,8-9,19H2,1H3,(H,20,21);1H. The molecular formula is C17H22Cl2N2O2. The molecule has 1 saturated carbocycles. The second kappa shape index (κ2) is 7.56. The van der Waals surface area contributed by atoms with Crippen molar-refractivity contribution < 1.29 is 9.21 Å². The van der Waals surface area contributed by atoms with Gasteiger partial charge in [0.2, 0.25) is 0 Å². The first-order valence-corrected chi connectivity index (χ1v) is 8.18. The highest BCUT2D eigenvalue weighted by Crippen LogP contribution is 2.31. The Labute approximate surface area is 147 Å². The van der Waals surface area contributed by atoms with E-state index in [4.69, 9.17) is 21.8 Å². The summed E-state index contributed by atoms with van der Waals surface area (Å²) in [6.45, 7) is 2.49. The molecular weight excluding hydrogens is 335 g/mol. The van der Waals surface area contributed by atoms with Gasteiger partial charge in [-0.05, 0) is 38.3 Å². The predicted octanol–water partition coefficient (Wildman–Crippen LogP) is 4.06. The van der Waals surface area contributed by atoms with Gasteiger partial charge in [0, 0.05) is 17.0 Å². The van der Waals surface area contributed by atoms with Crippen molar-refractivity contribution in [2.24, 2.45) is 11.7 Å². The van der Waals surface area contributed by atoms with Gasteiger partial charge in [-0.3, -0.25) is 4.79 Å². The van der Waals surface area contributed by atoms with E-state index < -0.39 is 0 Å². The number of hydrogen-bond donors (Lipinski definition) is 2. The highest BCUT2D eigenvalue weighted by Gasteiger charge is 2.27. The van der Waals surface area contributed by atoms with Gasteiger partial charge in [0.1, 0.15) is 0 Å². The van der Waals surface area contributed by atoms with E-state index in [-0.39, 0.29) is 24.4 Å². The van der Waals surface area contributed by atoms with Crippen molar-refractivity contribution in [1.29, 1.82) is 0 Å². The maximum absolute atomic E-state index is 12.6. The molecule has 2 atom stereocenters. The number of hydrogen-bond acceptors (Lipinski definition) is 3. The fraction of sp³-hybridized carbons (Fsp3) is 0.471. The molecule has 0 radical (unpaired) electrons. The third-order valence-electron chi connectivity index (χ3n) is 4.65. The van der Waals surface area contributed by atoms with Gasteiger partial charge in [-0.1, -0.05) is 36.6 Å². The maximum Gasteiger partial charge on any atom is 0.287 e. The van der Waals surface area contributed by atoms with Crippen molar-refractivity contribution in [3.63, 3.8) is 0 Å². The first kappa shape index (κ1) is 18.1. The van der Waals surface area contributed by atoms with Gasteiger partial charge in [-0.2, -0.15) is 0 Å². The number of nitrogens with two attached hydrogens (primary N) is 1. The molecule has 0 aliphatic heterocycles. The summed E-state index contributed by atoms with van der Waals surface area (Å²) in [5.41, 5.74) is 7.23. The highest BCUT2D eigenvalue weighted by atomic mass is 35.5. The molecule has 2 unspecified atom stereocenters. The fourth-order valence-electron chi connectivity index (χ4n) is 3.34. The Balaban J connectivity index is 0.00000192. The molecule has 3 rings (SSSR count). The molecule has 1 heterocycles. The van der Waals surface area contributed by atoms with Crippen LogP contribution >= 0.6 is 24.0 Å². The second-order valence-electron chi connectivity index (χ2n) is 6.03. The van der Waals surface area contributed by atoms with Gasteiger partial charge in [-0.25, -0.2) is 0 Å². The fourth-order valence-corrected chi connectivity index (χ4v) is 3.55. The SMILES string of the molecule is Cc1c(C(=O)NC2CCCCC2CN)oc2c(Cl)cccc12.Cl. The van der Waals surface area contributed by atoms with Crippen LogP contribution in [0.25, 0.3) is 11.0 Å². The van der Waals surface area contributed by atoms with Gasteiger partial charge in [0.05, 0.1) is 5.02 Å². The van der Waals surface area contributed by atoms with Crippen LogP contribution < -0.4 is 11.1 Å². The lowest BCUT2D eigenvalue weighted by Gasteiger charge is -2.31. The molecule has 0 spiro atoms. The molecule has 23 heavy (non-hydrogen) atoms. The van der Waals surface area contributed by atoms with Crippen molar-refractivity contribution in [3.05, 3.63) is 34.5 Å². The molecule has 1 aromatic carbocycles. The number of rotatable bonds is 3. The summed E-state index contributed by atoms with van der Waals surface area (Å²) in [4.78, 5) is 12.6. The largest absolute Gasteiger partial charge is 0.449 e. The number of carbonyl (C=O) groups is 1. The molecule has 126 valence electrons. The summed E-state index contributed by atoms with van der Waals surface area (Å²) in [5, 5.41) is 4.51. The monoisotopic (exact) mass is 356 g/mol. The maximum atomic E-state index is 12.6. The molecule has 0 saturated heterocycles. The van der Waals surface area contributed by atoms with Crippen LogP contribution in [0.5, 0.6) is 0 Å². The van der Waals surface area contributed by atoms with Crippen LogP contribution in [0.3, 0.4) is 0 Å². The van der Waals surface area contributed by atoms with Gasteiger partial charge in [-0.15, -0.1) is 12.4 Å². The van der Waals surface area contributed by atoms with Crippen molar-refractivity contribution in [3.8, 4) is 0 Å². The number of amides is 1. The van der Waals surface area contributed by atoms with E-state index in [1.165, 1.54) is 6.42 Å². The highest BCUT2D eigenvalue weighted by molar-refractivity contribution is 6.35. The average molecular weight is 357 g/mol. The lowest BCUT2D eigenvalue weighted by Crippen LogP contribution is -2.44. The van der Waals surface area contributed by atoms with Crippen molar-refractivity contribution in [1.82, 2.24) is 5.32 Å². The zero-order chi connectivity index (χ0) is 15.7. The number of fused-ring (bicyclic) bond motifs is 1. The molecule has 2 aromatic rings. The lowest BCUT2D eigenvalue weighted by atomic mass is 9.84. The van der Waals surface area contributed by atoms with E-state index in [2.05, 4.69) is 5.32 Å². The van der Waals surface area contributed by atoms with Crippen LogP contribution in [-0.4, -0.2) is 18.5 Å². The smallest absolute Gasteiger partial charge is 0.287 e. The molecule has 1 amide bonds. The summed E-state index contributed by atoms with van der Waals surface area (Å²) in [6, 6.07) is 5.68. The van der Waals surface area contributed by atoms with E-state index in [0.29, 0.717) is 28.8 Å². The molecule has 1 fully saturated rings. The quantitative estimate of drug-likeness (QED) is 0.870. The van der Waals surface area contributed by atoms with Crippen LogP contribution in [-0.2, 0) is 0 Å². The third-order valence-corrected chi connectivity index (χ3v) is 4.95. The first-order chi connectivity index (χ1) is 10.6. The van der Waals surface area contributed by atoms with Crippen LogP contribution in [0.4, 0.5) is 0 Å². The number of carbonyl (C=O) groups excluding carboxylic acids is 1. The normalized spacial score (nSPS) is 21.0. The van der Waals surface area contributed by atoms with Crippen LogP contribution in [0.1, 0.15) is 41.8 Å². The Bertz CT molecular complexity index is 699. The summed E-state index contributed by atoms with van der Waals surface area (Å²) in [7, 11) is 0. The Morgan fingerprint density at radius 1 is 1.39 bits per heavy atom. The zero-order valence-corrected chi connectivity index (χ0v) is 14.7. The van der Waals surface area contributed by atoms with Crippen molar-refractivity contribution in [2.45, 2.75) is 38.6 Å². The minimum absolute atomic E-state index is 0. The van der Waals surface area contributed by atoms with E-state index >= 15 is 0 Å². The second-order valence-corrected chi connectivity index (χ2v) is 6.44. The Kier molecular flexibility index (Phi) is 5.95. The molecule has 1 aromatic heterocycles. The van der Waals surface area contributed by atoms with E-state index in [9.17, 15) is 4.79 Å². The number of aryl methyl sites for hydroxylation is 1. The van der Waals surface area contributed by atoms with Crippen molar-refractivity contribution >= 4 is 40.9 Å². The van der Waals surface area contributed by atoms with Crippen molar-refractivity contribution in [2.75, 3.05) is 6.54 Å². The Morgan fingerprint density at radius 2 is 2.13 bits per heavy atom. The molecule has 1 aliphatic rings. The number of benzene rings is 1. The summed E-state index contributed by atoms with van der Waals surface area (Å²) in [6.07, 6.45) is 4.37. The molecule has 0 bridgehead atoms. The molecule has 6 heteroatoms.